The van der Waals surface area contributed by atoms with Gasteiger partial charge in [-0.1, -0.05) is 48.5 Å². The van der Waals surface area contributed by atoms with Gasteiger partial charge >= 0.3 is 0 Å². The molecule has 2 aliphatic rings. The second-order valence-corrected chi connectivity index (χ2v) is 6.58. The number of nitrogens with two attached hydrogens (primary N) is 1. The van der Waals surface area contributed by atoms with Crippen molar-refractivity contribution in [1.82, 2.24) is 0 Å². The van der Waals surface area contributed by atoms with E-state index in [0.29, 0.717) is 15.8 Å². The lowest BCUT2D eigenvalue weighted by Gasteiger charge is -2.56. The van der Waals surface area contributed by atoms with Crippen molar-refractivity contribution in [3.63, 3.8) is 0 Å². The van der Waals surface area contributed by atoms with Crippen LogP contribution in [0.1, 0.15) is 38.5 Å². The molecule has 2 fully saturated rings. The minimum absolute atomic E-state index is 0.171. The molecule has 0 bridgehead atoms. The lowest BCUT2D eigenvalue weighted by molar-refractivity contribution is -0.0897. The van der Waals surface area contributed by atoms with E-state index >= 15 is 0 Å². The van der Waals surface area contributed by atoms with Crippen molar-refractivity contribution >= 4 is 23.2 Å². The second-order valence-electron chi connectivity index (χ2n) is 5.79. The fourth-order valence-electron chi connectivity index (χ4n) is 3.57. The molecule has 1 spiro atoms. The first-order chi connectivity index (χ1) is 9.13. The average Bonchev–Trinajstić information content (AvgIpc) is 2.44. The molecule has 2 aliphatic carbocycles. The third kappa shape index (κ3) is 2.24. The summed E-state index contributed by atoms with van der Waals surface area (Å²) in [7, 11) is 0. The van der Waals surface area contributed by atoms with Gasteiger partial charge in [0.05, 0.1) is 5.02 Å². The van der Waals surface area contributed by atoms with Crippen molar-refractivity contribution in [2.75, 3.05) is 0 Å². The topological polar surface area (TPSA) is 35.2 Å². The molecule has 2 atom stereocenters. The molecule has 0 aliphatic heterocycles. The smallest absolute Gasteiger partial charge is 0.139 e. The predicted molar refractivity (Wildman–Crippen MR) is 79.0 cm³/mol. The first kappa shape index (κ1) is 13.5. The average molecular weight is 300 g/mol. The Kier molecular flexibility index (Phi) is 3.67. The molecular weight excluding hydrogens is 281 g/mol. The predicted octanol–water partition coefficient (Wildman–Crippen LogP) is 4.42. The first-order valence-electron chi connectivity index (χ1n) is 7.00. The van der Waals surface area contributed by atoms with Gasteiger partial charge in [0.2, 0.25) is 0 Å². The van der Waals surface area contributed by atoms with Crippen LogP contribution in [0.5, 0.6) is 5.75 Å². The van der Waals surface area contributed by atoms with E-state index in [1.54, 1.807) is 6.07 Å². The molecule has 1 aromatic carbocycles. The lowest BCUT2D eigenvalue weighted by atomic mass is 9.55. The van der Waals surface area contributed by atoms with Crippen molar-refractivity contribution in [3.05, 3.63) is 28.2 Å². The third-order valence-corrected chi connectivity index (χ3v) is 5.62. The van der Waals surface area contributed by atoms with Gasteiger partial charge in [-0.2, -0.15) is 0 Å². The number of hydrogen-bond donors (Lipinski definition) is 1. The van der Waals surface area contributed by atoms with Crippen LogP contribution in [0.4, 0.5) is 0 Å². The van der Waals surface area contributed by atoms with E-state index in [0.717, 1.165) is 6.42 Å². The van der Waals surface area contributed by atoms with E-state index < -0.39 is 0 Å². The molecule has 1 aromatic rings. The minimum atomic E-state index is 0.171. The maximum Gasteiger partial charge on any atom is 0.139 e. The Labute approximate surface area is 124 Å². The van der Waals surface area contributed by atoms with Crippen LogP contribution in [0.15, 0.2) is 18.2 Å². The summed E-state index contributed by atoms with van der Waals surface area (Å²) in [6, 6.07) is 5.81. The molecular formula is C15H19Cl2NO. The lowest BCUT2D eigenvalue weighted by Crippen LogP contribution is -2.64. The summed E-state index contributed by atoms with van der Waals surface area (Å²) in [5, 5.41) is 1.05. The van der Waals surface area contributed by atoms with Crippen LogP contribution in [0.3, 0.4) is 0 Å². The van der Waals surface area contributed by atoms with Gasteiger partial charge in [0, 0.05) is 17.9 Å². The molecule has 0 radical (unpaired) electrons. The zero-order valence-electron chi connectivity index (χ0n) is 10.9. The van der Waals surface area contributed by atoms with Crippen LogP contribution in [-0.2, 0) is 0 Å². The van der Waals surface area contributed by atoms with Gasteiger partial charge in [-0.15, -0.1) is 0 Å². The Morgan fingerprint density at radius 1 is 1.16 bits per heavy atom. The quantitative estimate of drug-likeness (QED) is 0.877. The van der Waals surface area contributed by atoms with Gasteiger partial charge in [0.1, 0.15) is 16.9 Å². The first-order valence-corrected chi connectivity index (χ1v) is 7.75. The maximum atomic E-state index is 6.26. The van der Waals surface area contributed by atoms with Crippen molar-refractivity contribution in [3.8, 4) is 5.75 Å². The molecule has 2 saturated carbocycles. The van der Waals surface area contributed by atoms with Crippen LogP contribution < -0.4 is 10.5 Å². The van der Waals surface area contributed by atoms with Gasteiger partial charge in [-0.3, -0.25) is 0 Å². The summed E-state index contributed by atoms with van der Waals surface area (Å²) >= 11 is 12.2. The Hall–Kier alpha value is -0.440. The zero-order valence-corrected chi connectivity index (χ0v) is 12.4. The minimum Gasteiger partial charge on any atom is -0.488 e. The third-order valence-electron chi connectivity index (χ3n) is 4.82. The Morgan fingerprint density at radius 3 is 2.58 bits per heavy atom. The van der Waals surface area contributed by atoms with Gasteiger partial charge in [0.25, 0.3) is 0 Å². The fourth-order valence-corrected chi connectivity index (χ4v) is 3.91. The van der Waals surface area contributed by atoms with E-state index in [4.69, 9.17) is 33.7 Å². The van der Waals surface area contributed by atoms with Gasteiger partial charge < -0.3 is 10.5 Å². The highest BCUT2D eigenvalue weighted by Crippen LogP contribution is 2.52. The Bertz CT molecular complexity index is 471. The SMILES string of the molecule is NC1CC(Oc2cccc(Cl)c2Cl)C12CCCCC2. The largest absolute Gasteiger partial charge is 0.488 e. The Morgan fingerprint density at radius 2 is 1.89 bits per heavy atom. The van der Waals surface area contributed by atoms with E-state index in [-0.39, 0.29) is 17.6 Å². The molecule has 0 aromatic heterocycles. The number of hydrogen-bond acceptors (Lipinski definition) is 2. The molecule has 104 valence electrons. The van der Waals surface area contributed by atoms with Crippen molar-refractivity contribution < 1.29 is 4.74 Å². The van der Waals surface area contributed by atoms with Gasteiger partial charge in [-0.05, 0) is 25.0 Å². The Balaban J connectivity index is 1.78. The molecule has 2 N–H and O–H groups in total. The van der Waals surface area contributed by atoms with E-state index in [1.165, 1.54) is 32.1 Å². The molecule has 2 unspecified atom stereocenters. The van der Waals surface area contributed by atoms with Crippen LogP contribution in [-0.4, -0.2) is 12.1 Å². The summed E-state index contributed by atoms with van der Waals surface area (Å²) in [5.74, 6) is 0.691. The van der Waals surface area contributed by atoms with Crippen molar-refractivity contribution in [2.24, 2.45) is 11.1 Å². The summed E-state index contributed by atoms with van der Waals surface area (Å²) in [6.45, 7) is 0. The molecule has 0 saturated heterocycles. The van der Waals surface area contributed by atoms with Gasteiger partial charge in [-0.25, -0.2) is 0 Å². The molecule has 19 heavy (non-hydrogen) atoms. The summed E-state index contributed by atoms with van der Waals surface area (Å²) in [4.78, 5) is 0. The van der Waals surface area contributed by atoms with Gasteiger partial charge in [0.15, 0.2) is 0 Å². The second kappa shape index (κ2) is 5.16. The summed E-state index contributed by atoms with van der Waals surface area (Å²) in [5.41, 5.74) is 6.43. The molecule has 2 nitrogen and oxygen atoms in total. The van der Waals surface area contributed by atoms with Crippen LogP contribution in [0.2, 0.25) is 10.0 Å². The standard InChI is InChI=1S/C15H19Cl2NO/c16-10-5-4-6-11(14(10)17)19-13-9-12(18)15(13)7-2-1-3-8-15/h4-6,12-13H,1-3,7-9,18H2. The van der Waals surface area contributed by atoms with E-state index in [2.05, 4.69) is 0 Å². The maximum absolute atomic E-state index is 6.26. The van der Waals surface area contributed by atoms with Crippen LogP contribution >= 0.6 is 23.2 Å². The van der Waals surface area contributed by atoms with Crippen LogP contribution in [0.25, 0.3) is 0 Å². The molecule has 0 amide bonds. The van der Waals surface area contributed by atoms with E-state index in [1.807, 2.05) is 12.1 Å². The number of halogens is 2. The normalized spacial score (nSPS) is 29.0. The summed E-state index contributed by atoms with van der Waals surface area (Å²) < 4.78 is 6.13. The van der Waals surface area contributed by atoms with E-state index in [9.17, 15) is 0 Å². The number of benzene rings is 1. The zero-order chi connectivity index (χ0) is 13.5. The monoisotopic (exact) mass is 299 g/mol. The van der Waals surface area contributed by atoms with Crippen LogP contribution in [0, 0.1) is 5.41 Å². The molecule has 3 rings (SSSR count). The highest BCUT2D eigenvalue weighted by atomic mass is 35.5. The summed E-state index contributed by atoms with van der Waals surface area (Å²) in [6.07, 6.45) is 7.31. The number of ether oxygens (including phenoxy) is 1. The highest BCUT2D eigenvalue weighted by molar-refractivity contribution is 6.42. The number of rotatable bonds is 2. The van der Waals surface area contributed by atoms with Crippen molar-refractivity contribution in [2.45, 2.75) is 50.7 Å². The fraction of sp³-hybridized carbons (Fsp3) is 0.600. The molecule has 4 heteroatoms. The molecule has 0 heterocycles. The van der Waals surface area contributed by atoms with Crippen molar-refractivity contribution in [1.29, 1.82) is 0 Å². The highest BCUT2D eigenvalue weighted by Gasteiger charge is 2.55.